The molecule has 35 heavy (non-hydrogen) atoms. The highest BCUT2D eigenvalue weighted by Gasteiger charge is 2.31. The molecule has 0 atom stereocenters. The Kier molecular flexibility index (Phi) is 8.15. The number of likely N-dealkylation sites (tertiary alicyclic amines) is 1. The summed E-state index contributed by atoms with van der Waals surface area (Å²) in [5, 5.41) is 0.844. The number of methoxy groups -OCH3 is 2. The molecule has 186 valence electrons. The Morgan fingerprint density at radius 3 is 2.43 bits per heavy atom. The summed E-state index contributed by atoms with van der Waals surface area (Å²) in [5.74, 6) is 2.14. The molecule has 1 aromatic heterocycles. The summed E-state index contributed by atoms with van der Waals surface area (Å²) < 4.78 is 16.8. The van der Waals surface area contributed by atoms with E-state index in [2.05, 4.69) is 4.90 Å². The van der Waals surface area contributed by atoms with E-state index in [-0.39, 0.29) is 18.3 Å². The third-order valence-electron chi connectivity index (χ3n) is 6.36. The third kappa shape index (κ3) is 5.39. The lowest BCUT2D eigenvalue weighted by molar-refractivity contribution is 0.0983. The fourth-order valence-electron chi connectivity index (χ4n) is 4.49. The first-order chi connectivity index (χ1) is 16.7. The Balaban J connectivity index is 0.00000289. The zero-order chi connectivity index (χ0) is 23.5. The van der Waals surface area contributed by atoms with Gasteiger partial charge in [-0.3, -0.25) is 9.69 Å². The van der Waals surface area contributed by atoms with Crippen molar-refractivity contribution in [2.45, 2.75) is 19.3 Å². The van der Waals surface area contributed by atoms with Crippen molar-refractivity contribution in [3.05, 3.63) is 53.0 Å². The normalized spacial score (nSPS) is 15.5. The fourth-order valence-corrected chi connectivity index (χ4v) is 5.55. The summed E-state index contributed by atoms with van der Waals surface area (Å²) >= 11 is 1.43. The number of carbonyl (C=O) groups is 1. The minimum Gasteiger partial charge on any atom is -0.497 e. The van der Waals surface area contributed by atoms with Gasteiger partial charge >= 0.3 is 0 Å². The van der Waals surface area contributed by atoms with Gasteiger partial charge in [-0.2, -0.15) is 0 Å². The molecule has 2 aliphatic heterocycles. The predicted molar refractivity (Wildman–Crippen MR) is 141 cm³/mol. The molecule has 0 aliphatic carbocycles. The summed E-state index contributed by atoms with van der Waals surface area (Å²) in [6.45, 7) is 4.44. The number of benzene rings is 2. The van der Waals surface area contributed by atoms with Gasteiger partial charge in [-0.05, 0) is 62.3 Å². The number of hydrogen-bond acceptors (Lipinski definition) is 7. The number of anilines is 1. The first kappa shape index (κ1) is 25.3. The maximum absolute atomic E-state index is 13.4. The average molecular weight is 516 g/mol. The van der Waals surface area contributed by atoms with Gasteiger partial charge in [0.15, 0.2) is 0 Å². The molecule has 0 spiro atoms. The van der Waals surface area contributed by atoms with E-state index < -0.39 is 0 Å². The van der Waals surface area contributed by atoms with E-state index in [1.165, 1.54) is 24.2 Å². The van der Waals surface area contributed by atoms with Crippen LogP contribution >= 0.6 is 23.7 Å². The lowest BCUT2D eigenvalue weighted by Crippen LogP contribution is -2.37. The van der Waals surface area contributed by atoms with Crippen LogP contribution in [-0.2, 0) is 6.42 Å². The van der Waals surface area contributed by atoms with Crippen LogP contribution in [0.5, 0.6) is 17.2 Å². The molecule has 1 amide bonds. The lowest BCUT2D eigenvalue weighted by Gasteiger charge is -2.27. The molecule has 0 N–H and O–H groups in total. The van der Waals surface area contributed by atoms with Crippen molar-refractivity contribution in [3.8, 4) is 27.8 Å². The van der Waals surface area contributed by atoms with Gasteiger partial charge in [0, 0.05) is 31.1 Å². The van der Waals surface area contributed by atoms with Gasteiger partial charge in [-0.1, -0.05) is 0 Å². The molecule has 5 rings (SSSR count). The number of aromatic nitrogens is 1. The van der Waals surface area contributed by atoms with E-state index in [1.54, 1.807) is 19.1 Å². The molecule has 0 radical (unpaired) electrons. The van der Waals surface area contributed by atoms with Crippen LogP contribution in [0.4, 0.5) is 5.69 Å². The number of thiazole rings is 1. The Bertz CT molecular complexity index is 1160. The molecular weight excluding hydrogens is 486 g/mol. The molecule has 2 aliphatic rings. The first-order valence-electron chi connectivity index (χ1n) is 11.7. The summed E-state index contributed by atoms with van der Waals surface area (Å²) in [5.41, 5.74) is 2.59. The van der Waals surface area contributed by atoms with Gasteiger partial charge < -0.3 is 19.1 Å². The van der Waals surface area contributed by atoms with Crippen molar-refractivity contribution < 1.29 is 19.0 Å². The Hall–Kier alpha value is -2.81. The number of ether oxygens (including phenoxy) is 3. The lowest BCUT2D eigenvalue weighted by atomic mass is 10.1. The molecule has 2 aromatic carbocycles. The molecule has 7 nitrogen and oxygen atoms in total. The minimum absolute atomic E-state index is 0. The fraction of sp³-hybridized carbons (Fsp3) is 0.385. The van der Waals surface area contributed by atoms with Gasteiger partial charge in [-0.25, -0.2) is 4.98 Å². The van der Waals surface area contributed by atoms with E-state index in [0.717, 1.165) is 53.1 Å². The van der Waals surface area contributed by atoms with Crippen molar-refractivity contribution in [2.24, 2.45) is 0 Å². The number of rotatable bonds is 8. The highest BCUT2D eigenvalue weighted by atomic mass is 35.5. The Morgan fingerprint density at radius 1 is 0.971 bits per heavy atom. The standard InChI is InChI=1S/C26H29N3O4S.ClH/c1-31-19-7-5-18(6-8-19)25-27-21-11-14-29(26(30)24(21)34-25)22-10-9-20(17-23(22)32-2)33-16-15-28-12-3-4-13-28;/h5-10,17H,3-4,11-16H2,1-2H3;1H. The van der Waals surface area contributed by atoms with Gasteiger partial charge in [-0.15, -0.1) is 23.7 Å². The van der Waals surface area contributed by atoms with Crippen LogP contribution in [0.25, 0.3) is 10.6 Å². The number of carbonyl (C=O) groups excluding carboxylic acids is 1. The van der Waals surface area contributed by atoms with E-state index >= 15 is 0 Å². The molecular formula is C26H30ClN3O4S. The van der Waals surface area contributed by atoms with Crippen LogP contribution in [-0.4, -0.2) is 62.8 Å². The SMILES string of the molecule is COc1ccc(-c2nc3c(s2)C(=O)N(c2ccc(OCCN4CCCC4)cc2OC)CC3)cc1.Cl. The monoisotopic (exact) mass is 515 g/mol. The first-order valence-corrected chi connectivity index (χ1v) is 12.5. The summed E-state index contributed by atoms with van der Waals surface area (Å²) in [6.07, 6.45) is 3.25. The second-order valence-corrected chi connectivity index (χ2v) is 9.46. The predicted octanol–water partition coefficient (Wildman–Crippen LogP) is 4.93. The van der Waals surface area contributed by atoms with Gasteiger partial charge in [0.2, 0.25) is 0 Å². The highest BCUT2D eigenvalue weighted by Crippen LogP contribution is 2.38. The molecule has 0 bridgehead atoms. The molecule has 0 saturated carbocycles. The van der Waals surface area contributed by atoms with Crippen LogP contribution < -0.4 is 19.1 Å². The molecule has 3 aromatic rings. The maximum Gasteiger partial charge on any atom is 0.270 e. The molecule has 1 fully saturated rings. The second-order valence-electron chi connectivity index (χ2n) is 8.46. The van der Waals surface area contributed by atoms with E-state index in [0.29, 0.717) is 30.2 Å². The van der Waals surface area contributed by atoms with Crippen LogP contribution in [0.3, 0.4) is 0 Å². The number of nitrogens with zero attached hydrogens (tertiary/aromatic N) is 3. The topological polar surface area (TPSA) is 64.1 Å². The summed E-state index contributed by atoms with van der Waals surface area (Å²) in [4.78, 5) is 23.1. The number of halogens is 1. The van der Waals surface area contributed by atoms with Crippen LogP contribution in [0.2, 0.25) is 0 Å². The third-order valence-corrected chi connectivity index (χ3v) is 7.50. The summed E-state index contributed by atoms with van der Waals surface area (Å²) in [6, 6.07) is 13.5. The zero-order valence-electron chi connectivity index (χ0n) is 20.0. The van der Waals surface area contributed by atoms with Crippen LogP contribution in [0.15, 0.2) is 42.5 Å². The van der Waals surface area contributed by atoms with Gasteiger partial charge in [0.25, 0.3) is 5.91 Å². The zero-order valence-corrected chi connectivity index (χ0v) is 21.6. The van der Waals surface area contributed by atoms with E-state index in [9.17, 15) is 4.79 Å². The maximum atomic E-state index is 13.4. The molecule has 3 heterocycles. The van der Waals surface area contributed by atoms with Crippen molar-refractivity contribution in [1.29, 1.82) is 0 Å². The Morgan fingerprint density at radius 2 is 1.71 bits per heavy atom. The quantitative estimate of drug-likeness (QED) is 0.424. The number of hydrogen-bond donors (Lipinski definition) is 0. The van der Waals surface area contributed by atoms with Crippen molar-refractivity contribution in [1.82, 2.24) is 9.88 Å². The second kappa shape index (κ2) is 11.3. The highest BCUT2D eigenvalue weighted by molar-refractivity contribution is 7.17. The van der Waals surface area contributed by atoms with Gasteiger partial charge in [0.1, 0.15) is 33.7 Å². The molecule has 1 saturated heterocycles. The number of amides is 1. The molecule has 9 heteroatoms. The van der Waals surface area contributed by atoms with Crippen molar-refractivity contribution in [3.63, 3.8) is 0 Å². The van der Waals surface area contributed by atoms with Crippen LogP contribution in [0.1, 0.15) is 28.2 Å². The largest absolute Gasteiger partial charge is 0.497 e. The minimum atomic E-state index is -0.0421. The van der Waals surface area contributed by atoms with E-state index in [4.69, 9.17) is 19.2 Å². The van der Waals surface area contributed by atoms with E-state index in [1.807, 2.05) is 42.5 Å². The summed E-state index contributed by atoms with van der Waals surface area (Å²) in [7, 11) is 3.27. The Labute approximate surface area is 216 Å². The van der Waals surface area contributed by atoms with Crippen molar-refractivity contribution in [2.75, 3.05) is 51.9 Å². The number of fused-ring (bicyclic) bond motifs is 1. The average Bonchev–Trinajstić information content (AvgIpc) is 3.55. The van der Waals surface area contributed by atoms with Crippen LogP contribution in [0, 0.1) is 0 Å². The van der Waals surface area contributed by atoms with Gasteiger partial charge in [0.05, 0.1) is 25.6 Å². The van der Waals surface area contributed by atoms with Crippen molar-refractivity contribution >= 4 is 35.3 Å². The smallest absolute Gasteiger partial charge is 0.270 e. The molecule has 0 unspecified atom stereocenters.